The van der Waals surface area contributed by atoms with Gasteiger partial charge in [-0.1, -0.05) is 6.92 Å². The zero-order valence-electron chi connectivity index (χ0n) is 10.9. The van der Waals surface area contributed by atoms with Crippen molar-refractivity contribution >= 4 is 5.91 Å². The Bertz CT molecular complexity index is 274. The highest BCUT2D eigenvalue weighted by atomic mass is 16.1. The molecule has 2 heterocycles. The van der Waals surface area contributed by atoms with Gasteiger partial charge in [-0.05, 0) is 43.7 Å². The molecule has 0 spiro atoms. The zero-order chi connectivity index (χ0) is 12.3. The molecule has 0 bridgehead atoms. The third-order valence-electron chi connectivity index (χ3n) is 4.16. The van der Waals surface area contributed by atoms with E-state index >= 15 is 0 Å². The Hall–Kier alpha value is -0.610. The van der Waals surface area contributed by atoms with Crippen molar-refractivity contribution < 1.29 is 4.79 Å². The first-order valence-corrected chi connectivity index (χ1v) is 6.79. The Labute approximate surface area is 104 Å². The predicted octanol–water partition coefficient (Wildman–Crippen LogP) is 0.573. The monoisotopic (exact) mass is 239 g/mol. The minimum Gasteiger partial charge on any atom is -0.370 e. The second-order valence-electron chi connectivity index (χ2n) is 6.15. The van der Waals surface area contributed by atoms with Gasteiger partial charge >= 0.3 is 0 Å². The molecule has 0 saturated carbocycles. The van der Waals surface area contributed by atoms with Crippen molar-refractivity contribution in [2.75, 3.05) is 32.7 Å². The fourth-order valence-electron chi connectivity index (χ4n) is 3.29. The summed E-state index contributed by atoms with van der Waals surface area (Å²) in [6.45, 7) is 8.04. The van der Waals surface area contributed by atoms with E-state index in [0.717, 1.165) is 32.6 Å². The minimum atomic E-state index is -0.148. The lowest BCUT2D eigenvalue weighted by atomic mass is 9.87. The fraction of sp³-hybridized carbons (Fsp3) is 0.923. The first kappa shape index (κ1) is 12.8. The summed E-state index contributed by atoms with van der Waals surface area (Å²) in [5.74, 6) is 0.338. The van der Waals surface area contributed by atoms with E-state index in [9.17, 15) is 4.79 Å². The van der Waals surface area contributed by atoms with E-state index in [1.807, 2.05) is 0 Å². The average Bonchev–Trinajstić information content (AvgIpc) is 2.64. The molecular formula is C13H25N3O. The Kier molecular flexibility index (Phi) is 4.05. The Morgan fingerprint density at radius 2 is 2.41 bits per heavy atom. The van der Waals surface area contributed by atoms with Crippen molar-refractivity contribution in [3.8, 4) is 0 Å². The van der Waals surface area contributed by atoms with E-state index in [1.54, 1.807) is 0 Å². The van der Waals surface area contributed by atoms with E-state index in [1.165, 1.54) is 19.4 Å². The number of hydrogen-bond donors (Lipinski definition) is 2. The molecule has 1 amide bonds. The van der Waals surface area contributed by atoms with Crippen LogP contribution in [0.5, 0.6) is 0 Å². The van der Waals surface area contributed by atoms with Crippen molar-refractivity contribution in [2.45, 2.75) is 32.6 Å². The molecule has 2 atom stereocenters. The van der Waals surface area contributed by atoms with Crippen LogP contribution in [-0.4, -0.2) is 43.5 Å². The second kappa shape index (κ2) is 5.36. The summed E-state index contributed by atoms with van der Waals surface area (Å²) in [7, 11) is 0. The summed E-state index contributed by atoms with van der Waals surface area (Å²) in [4.78, 5) is 13.5. The van der Waals surface area contributed by atoms with Gasteiger partial charge in [0.15, 0.2) is 0 Å². The molecule has 2 saturated heterocycles. The van der Waals surface area contributed by atoms with Gasteiger partial charge in [0.05, 0.1) is 0 Å². The van der Waals surface area contributed by atoms with Gasteiger partial charge in [-0.15, -0.1) is 0 Å². The van der Waals surface area contributed by atoms with E-state index in [4.69, 9.17) is 5.73 Å². The summed E-state index contributed by atoms with van der Waals surface area (Å²) >= 11 is 0. The standard InChI is InChI=1S/C13H25N3O/c1-13(4-5-15-9-13)10-16-6-2-3-11(8-16)7-12(14)17/h11,15H,2-10H2,1H3,(H2,14,17). The molecule has 98 valence electrons. The number of carbonyl (C=O) groups is 1. The molecule has 2 aliphatic heterocycles. The average molecular weight is 239 g/mol. The third kappa shape index (κ3) is 3.68. The largest absolute Gasteiger partial charge is 0.370 e. The van der Waals surface area contributed by atoms with Crippen LogP contribution in [-0.2, 0) is 4.79 Å². The molecule has 4 nitrogen and oxygen atoms in total. The number of hydrogen-bond acceptors (Lipinski definition) is 3. The lowest BCUT2D eigenvalue weighted by Crippen LogP contribution is -2.43. The lowest BCUT2D eigenvalue weighted by Gasteiger charge is -2.37. The first-order chi connectivity index (χ1) is 8.07. The van der Waals surface area contributed by atoms with Crippen LogP contribution in [0.2, 0.25) is 0 Å². The molecule has 17 heavy (non-hydrogen) atoms. The third-order valence-corrected chi connectivity index (χ3v) is 4.16. The van der Waals surface area contributed by atoms with Crippen LogP contribution >= 0.6 is 0 Å². The second-order valence-corrected chi connectivity index (χ2v) is 6.15. The Balaban J connectivity index is 1.82. The zero-order valence-corrected chi connectivity index (χ0v) is 10.9. The quantitative estimate of drug-likeness (QED) is 0.754. The summed E-state index contributed by atoms with van der Waals surface area (Å²) < 4.78 is 0. The van der Waals surface area contributed by atoms with Crippen molar-refractivity contribution in [2.24, 2.45) is 17.1 Å². The van der Waals surface area contributed by atoms with Crippen LogP contribution in [0.4, 0.5) is 0 Å². The number of nitrogens with two attached hydrogens (primary N) is 1. The van der Waals surface area contributed by atoms with Crippen LogP contribution in [0, 0.1) is 11.3 Å². The number of rotatable bonds is 4. The number of amides is 1. The number of nitrogens with zero attached hydrogens (tertiary/aromatic N) is 1. The van der Waals surface area contributed by atoms with Crippen LogP contribution in [0.3, 0.4) is 0 Å². The number of piperidine rings is 1. The summed E-state index contributed by atoms with van der Waals surface area (Å²) in [5, 5.41) is 3.45. The Morgan fingerprint density at radius 3 is 3.06 bits per heavy atom. The SMILES string of the molecule is CC1(CN2CCCC(CC(N)=O)C2)CCNC1. The summed E-state index contributed by atoms with van der Waals surface area (Å²) in [5.41, 5.74) is 5.72. The van der Waals surface area contributed by atoms with Gasteiger partial charge in [-0.2, -0.15) is 0 Å². The highest BCUT2D eigenvalue weighted by molar-refractivity contribution is 5.74. The molecule has 2 unspecified atom stereocenters. The van der Waals surface area contributed by atoms with Gasteiger partial charge < -0.3 is 16.0 Å². The smallest absolute Gasteiger partial charge is 0.217 e. The number of likely N-dealkylation sites (tertiary alicyclic amines) is 1. The van der Waals surface area contributed by atoms with Crippen LogP contribution in [0.15, 0.2) is 0 Å². The molecule has 0 aromatic carbocycles. The van der Waals surface area contributed by atoms with Gasteiger partial charge in [-0.3, -0.25) is 4.79 Å². The molecule has 3 N–H and O–H groups in total. The van der Waals surface area contributed by atoms with Gasteiger partial charge in [-0.25, -0.2) is 0 Å². The topological polar surface area (TPSA) is 58.4 Å². The normalized spacial score (nSPS) is 35.0. The van der Waals surface area contributed by atoms with Crippen LogP contribution in [0.25, 0.3) is 0 Å². The highest BCUT2D eigenvalue weighted by Gasteiger charge is 2.32. The van der Waals surface area contributed by atoms with Crippen LogP contribution < -0.4 is 11.1 Å². The van der Waals surface area contributed by atoms with Gasteiger partial charge in [0.1, 0.15) is 0 Å². The maximum atomic E-state index is 11.0. The Morgan fingerprint density at radius 1 is 1.59 bits per heavy atom. The van der Waals surface area contributed by atoms with Crippen molar-refractivity contribution in [3.05, 3.63) is 0 Å². The summed E-state index contributed by atoms with van der Waals surface area (Å²) in [6.07, 6.45) is 4.20. The van der Waals surface area contributed by atoms with Crippen LogP contribution in [0.1, 0.15) is 32.6 Å². The van der Waals surface area contributed by atoms with Crippen molar-refractivity contribution in [1.82, 2.24) is 10.2 Å². The molecule has 0 aromatic heterocycles. The summed E-state index contributed by atoms with van der Waals surface area (Å²) in [6, 6.07) is 0. The van der Waals surface area contributed by atoms with Crippen molar-refractivity contribution in [3.63, 3.8) is 0 Å². The molecule has 0 aliphatic carbocycles. The fourth-order valence-corrected chi connectivity index (χ4v) is 3.29. The molecule has 2 rings (SSSR count). The van der Waals surface area contributed by atoms with E-state index in [0.29, 0.717) is 17.8 Å². The molecule has 0 radical (unpaired) electrons. The lowest BCUT2D eigenvalue weighted by molar-refractivity contribution is -0.119. The van der Waals surface area contributed by atoms with Gasteiger partial charge in [0, 0.05) is 26.1 Å². The van der Waals surface area contributed by atoms with Crippen molar-refractivity contribution in [1.29, 1.82) is 0 Å². The van der Waals surface area contributed by atoms with Gasteiger partial charge in [0.25, 0.3) is 0 Å². The maximum absolute atomic E-state index is 11.0. The van der Waals surface area contributed by atoms with E-state index in [2.05, 4.69) is 17.1 Å². The minimum absolute atomic E-state index is 0.148. The molecular weight excluding hydrogens is 214 g/mol. The first-order valence-electron chi connectivity index (χ1n) is 6.79. The molecule has 0 aromatic rings. The van der Waals surface area contributed by atoms with E-state index in [-0.39, 0.29) is 5.91 Å². The van der Waals surface area contributed by atoms with Gasteiger partial charge in [0.2, 0.25) is 5.91 Å². The number of carbonyl (C=O) groups excluding carboxylic acids is 1. The number of primary amides is 1. The number of nitrogens with one attached hydrogen (secondary N) is 1. The molecule has 4 heteroatoms. The maximum Gasteiger partial charge on any atom is 0.217 e. The molecule has 2 aliphatic rings. The predicted molar refractivity (Wildman–Crippen MR) is 68.6 cm³/mol. The molecule has 2 fully saturated rings. The highest BCUT2D eigenvalue weighted by Crippen LogP contribution is 2.28. The van der Waals surface area contributed by atoms with E-state index < -0.39 is 0 Å².